The Labute approximate surface area is 102 Å². The Hall–Kier alpha value is -0.240. The van der Waals surface area contributed by atoms with E-state index in [0.29, 0.717) is 28.4 Å². The fourth-order valence-electron chi connectivity index (χ4n) is 1.58. The van der Waals surface area contributed by atoms with Crippen molar-refractivity contribution in [2.75, 3.05) is 6.54 Å². The molecular formula is C12H17Cl2N. The summed E-state index contributed by atoms with van der Waals surface area (Å²) in [5.41, 5.74) is 6.82. The van der Waals surface area contributed by atoms with Crippen LogP contribution in [0, 0.1) is 11.8 Å². The summed E-state index contributed by atoms with van der Waals surface area (Å²) in [5, 5.41) is 1.28. The first-order valence-electron chi connectivity index (χ1n) is 5.19. The number of hydrogen-bond donors (Lipinski definition) is 1. The van der Waals surface area contributed by atoms with Gasteiger partial charge in [-0.15, -0.1) is 0 Å². The van der Waals surface area contributed by atoms with Crippen molar-refractivity contribution in [3.63, 3.8) is 0 Å². The van der Waals surface area contributed by atoms with Crippen molar-refractivity contribution in [3.05, 3.63) is 33.8 Å². The van der Waals surface area contributed by atoms with Crippen molar-refractivity contribution < 1.29 is 0 Å². The van der Waals surface area contributed by atoms with Gasteiger partial charge in [-0.05, 0) is 36.4 Å². The SMILES string of the molecule is CC(C)C(CN)Cc1cccc(Cl)c1Cl. The zero-order chi connectivity index (χ0) is 11.4. The topological polar surface area (TPSA) is 26.0 Å². The Balaban J connectivity index is 2.84. The summed E-state index contributed by atoms with van der Waals surface area (Å²) in [4.78, 5) is 0. The van der Waals surface area contributed by atoms with E-state index >= 15 is 0 Å². The number of benzene rings is 1. The first-order chi connectivity index (χ1) is 7.06. The maximum absolute atomic E-state index is 6.13. The molecule has 1 aromatic rings. The summed E-state index contributed by atoms with van der Waals surface area (Å²) in [6.07, 6.45) is 0.896. The summed E-state index contributed by atoms with van der Waals surface area (Å²) in [5.74, 6) is 1.02. The molecule has 0 heterocycles. The zero-order valence-corrected chi connectivity index (χ0v) is 10.6. The Morgan fingerprint density at radius 1 is 1.27 bits per heavy atom. The Kier molecular flexibility index (Phi) is 4.91. The first-order valence-corrected chi connectivity index (χ1v) is 5.94. The molecule has 1 aromatic carbocycles. The van der Waals surface area contributed by atoms with E-state index in [1.165, 1.54) is 0 Å². The van der Waals surface area contributed by atoms with Gasteiger partial charge < -0.3 is 5.73 Å². The lowest BCUT2D eigenvalue weighted by Gasteiger charge is -2.19. The summed E-state index contributed by atoms with van der Waals surface area (Å²) in [6, 6.07) is 5.75. The lowest BCUT2D eigenvalue weighted by atomic mass is 9.89. The number of rotatable bonds is 4. The van der Waals surface area contributed by atoms with Gasteiger partial charge in [-0.25, -0.2) is 0 Å². The van der Waals surface area contributed by atoms with E-state index in [1.807, 2.05) is 12.1 Å². The maximum Gasteiger partial charge on any atom is 0.0624 e. The van der Waals surface area contributed by atoms with Gasteiger partial charge in [-0.2, -0.15) is 0 Å². The first kappa shape index (κ1) is 12.8. The summed E-state index contributed by atoms with van der Waals surface area (Å²) in [6.45, 7) is 5.03. The highest BCUT2D eigenvalue weighted by atomic mass is 35.5. The summed E-state index contributed by atoms with van der Waals surface area (Å²) in [7, 11) is 0. The van der Waals surface area contributed by atoms with Crippen LogP contribution in [-0.4, -0.2) is 6.54 Å². The average molecular weight is 246 g/mol. The highest BCUT2D eigenvalue weighted by Crippen LogP contribution is 2.28. The standard InChI is InChI=1S/C12H17Cl2N/c1-8(2)10(7-15)6-9-4-3-5-11(13)12(9)14/h3-5,8,10H,6-7,15H2,1-2H3. The minimum Gasteiger partial charge on any atom is -0.330 e. The number of nitrogens with two attached hydrogens (primary N) is 1. The molecule has 0 amide bonds. The van der Waals surface area contributed by atoms with Gasteiger partial charge in [-0.1, -0.05) is 49.2 Å². The molecule has 3 heteroatoms. The second kappa shape index (κ2) is 5.74. The average Bonchev–Trinajstić information content (AvgIpc) is 2.19. The maximum atomic E-state index is 6.13. The quantitative estimate of drug-likeness (QED) is 0.859. The molecule has 1 rings (SSSR count). The van der Waals surface area contributed by atoms with Crippen molar-refractivity contribution in [1.29, 1.82) is 0 Å². The molecule has 0 spiro atoms. The lowest BCUT2D eigenvalue weighted by molar-refractivity contribution is 0.392. The van der Waals surface area contributed by atoms with Crippen molar-refractivity contribution in [3.8, 4) is 0 Å². The van der Waals surface area contributed by atoms with Gasteiger partial charge in [-0.3, -0.25) is 0 Å². The number of hydrogen-bond acceptors (Lipinski definition) is 1. The van der Waals surface area contributed by atoms with E-state index in [-0.39, 0.29) is 0 Å². The van der Waals surface area contributed by atoms with Crippen LogP contribution >= 0.6 is 23.2 Å². The molecule has 0 bridgehead atoms. The molecule has 84 valence electrons. The zero-order valence-electron chi connectivity index (χ0n) is 9.13. The van der Waals surface area contributed by atoms with Crippen LogP contribution in [0.25, 0.3) is 0 Å². The molecule has 0 radical (unpaired) electrons. The molecule has 15 heavy (non-hydrogen) atoms. The van der Waals surface area contributed by atoms with Gasteiger partial charge in [0.2, 0.25) is 0 Å². The minimum absolute atomic E-state index is 0.459. The van der Waals surface area contributed by atoms with Crippen molar-refractivity contribution in [1.82, 2.24) is 0 Å². The molecule has 0 aliphatic rings. The lowest BCUT2D eigenvalue weighted by Crippen LogP contribution is -2.22. The molecule has 1 nitrogen and oxygen atoms in total. The van der Waals surface area contributed by atoms with E-state index in [9.17, 15) is 0 Å². The third-order valence-corrected chi connectivity index (χ3v) is 3.62. The highest BCUT2D eigenvalue weighted by molar-refractivity contribution is 6.42. The van der Waals surface area contributed by atoms with Crippen LogP contribution in [0.4, 0.5) is 0 Å². The molecular weight excluding hydrogens is 229 g/mol. The summed E-state index contributed by atoms with van der Waals surface area (Å²) < 4.78 is 0. The van der Waals surface area contributed by atoms with Crippen LogP contribution in [0.3, 0.4) is 0 Å². The van der Waals surface area contributed by atoms with Crippen molar-refractivity contribution in [2.24, 2.45) is 17.6 Å². The Morgan fingerprint density at radius 3 is 2.47 bits per heavy atom. The van der Waals surface area contributed by atoms with E-state index in [0.717, 1.165) is 12.0 Å². The normalized spacial score (nSPS) is 13.2. The van der Waals surface area contributed by atoms with E-state index in [2.05, 4.69) is 13.8 Å². The molecule has 0 aromatic heterocycles. The second-order valence-electron chi connectivity index (χ2n) is 4.16. The van der Waals surface area contributed by atoms with E-state index < -0.39 is 0 Å². The molecule has 0 saturated heterocycles. The predicted octanol–water partition coefficient (Wildman–Crippen LogP) is 3.77. The van der Waals surface area contributed by atoms with Gasteiger partial charge in [0.15, 0.2) is 0 Å². The highest BCUT2D eigenvalue weighted by Gasteiger charge is 2.14. The van der Waals surface area contributed by atoms with Crippen LogP contribution in [0.2, 0.25) is 10.0 Å². The van der Waals surface area contributed by atoms with Crippen LogP contribution in [0.1, 0.15) is 19.4 Å². The molecule has 0 fully saturated rings. The van der Waals surface area contributed by atoms with E-state index in [4.69, 9.17) is 28.9 Å². The van der Waals surface area contributed by atoms with Crippen LogP contribution in [-0.2, 0) is 6.42 Å². The monoisotopic (exact) mass is 245 g/mol. The number of halogens is 2. The van der Waals surface area contributed by atoms with Crippen LogP contribution in [0.15, 0.2) is 18.2 Å². The van der Waals surface area contributed by atoms with Gasteiger partial charge >= 0.3 is 0 Å². The molecule has 0 aliphatic carbocycles. The fraction of sp³-hybridized carbons (Fsp3) is 0.500. The molecule has 1 atom stereocenters. The molecule has 0 saturated carbocycles. The molecule has 2 N–H and O–H groups in total. The summed E-state index contributed by atoms with van der Waals surface area (Å²) >= 11 is 12.1. The Bertz CT molecular complexity index is 323. The Morgan fingerprint density at radius 2 is 1.93 bits per heavy atom. The van der Waals surface area contributed by atoms with Crippen molar-refractivity contribution in [2.45, 2.75) is 20.3 Å². The van der Waals surface area contributed by atoms with Crippen LogP contribution < -0.4 is 5.73 Å². The third kappa shape index (κ3) is 3.37. The van der Waals surface area contributed by atoms with E-state index in [1.54, 1.807) is 6.07 Å². The molecule has 1 unspecified atom stereocenters. The van der Waals surface area contributed by atoms with Crippen LogP contribution in [0.5, 0.6) is 0 Å². The van der Waals surface area contributed by atoms with Crippen molar-refractivity contribution >= 4 is 23.2 Å². The second-order valence-corrected chi connectivity index (χ2v) is 4.94. The van der Waals surface area contributed by atoms with Gasteiger partial charge in [0.25, 0.3) is 0 Å². The third-order valence-electron chi connectivity index (χ3n) is 2.76. The predicted molar refractivity (Wildman–Crippen MR) is 67.5 cm³/mol. The van der Waals surface area contributed by atoms with Gasteiger partial charge in [0, 0.05) is 0 Å². The molecule has 0 aliphatic heterocycles. The van der Waals surface area contributed by atoms with Gasteiger partial charge in [0.1, 0.15) is 0 Å². The smallest absolute Gasteiger partial charge is 0.0624 e. The minimum atomic E-state index is 0.459. The van der Waals surface area contributed by atoms with Gasteiger partial charge in [0.05, 0.1) is 10.0 Å². The fourth-order valence-corrected chi connectivity index (χ4v) is 1.98. The largest absolute Gasteiger partial charge is 0.330 e.